The lowest BCUT2D eigenvalue weighted by Gasteiger charge is -2.34. The van der Waals surface area contributed by atoms with Crippen LogP contribution < -0.4 is 15.2 Å². The predicted molar refractivity (Wildman–Crippen MR) is 85.7 cm³/mol. The summed E-state index contributed by atoms with van der Waals surface area (Å²) in [7, 11) is 0. The Bertz CT molecular complexity index is 562. The zero-order chi connectivity index (χ0) is 14.5. The minimum atomic E-state index is -0.206. The highest BCUT2D eigenvalue weighted by Crippen LogP contribution is 2.51. The van der Waals surface area contributed by atoms with E-state index in [0.29, 0.717) is 0 Å². The number of fused-ring (bicyclic) bond motifs is 1. The molecule has 0 saturated heterocycles. The second-order valence-electron chi connectivity index (χ2n) is 7.08. The van der Waals surface area contributed by atoms with Gasteiger partial charge in [0.05, 0.1) is 17.7 Å². The van der Waals surface area contributed by atoms with Gasteiger partial charge >= 0.3 is 0 Å². The first-order chi connectivity index (χ1) is 10.1. The van der Waals surface area contributed by atoms with Crippen LogP contribution in [0, 0.1) is 5.41 Å². The van der Waals surface area contributed by atoms with Crippen LogP contribution in [0.2, 0.25) is 0 Å². The Morgan fingerprint density at radius 1 is 0.952 bits per heavy atom. The molecule has 0 radical (unpaired) electrons. The molecule has 2 fully saturated rings. The molecule has 2 aliphatic carbocycles. The largest absolute Gasteiger partial charge is 0.489 e. The highest BCUT2D eigenvalue weighted by Gasteiger charge is 2.46. The molecule has 4 rings (SSSR count). The zero-order valence-corrected chi connectivity index (χ0v) is 13.9. The minimum Gasteiger partial charge on any atom is -0.489 e. The van der Waals surface area contributed by atoms with E-state index in [1.54, 1.807) is 0 Å². The van der Waals surface area contributed by atoms with Crippen molar-refractivity contribution in [3.63, 3.8) is 0 Å². The molecule has 1 spiro atoms. The quantitative estimate of drug-likeness (QED) is 0.827. The maximum Gasteiger partial charge on any atom is 0.175 e. The molecule has 3 aliphatic rings. The average molecular weight is 352 g/mol. The van der Waals surface area contributed by atoms with Gasteiger partial charge in [0.2, 0.25) is 0 Å². The van der Waals surface area contributed by atoms with Crippen molar-refractivity contribution < 1.29 is 9.47 Å². The van der Waals surface area contributed by atoms with E-state index in [2.05, 4.69) is 28.1 Å². The van der Waals surface area contributed by atoms with E-state index in [9.17, 15) is 0 Å². The van der Waals surface area contributed by atoms with Crippen LogP contribution in [0.4, 0.5) is 0 Å². The van der Waals surface area contributed by atoms with Crippen LogP contribution in [0.25, 0.3) is 0 Å². The number of nitrogens with two attached hydrogens (primary N) is 1. The molecular weight excluding hydrogens is 330 g/mol. The van der Waals surface area contributed by atoms with Crippen molar-refractivity contribution in [2.75, 3.05) is 13.2 Å². The highest BCUT2D eigenvalue weighted by atomic mass is 79.9. The second kappa shape index (κ2) is 4.88. The van der Waals surface area contributed by atoms with Gasteiger partial charge in [0, 0.05) is 11.0 Å². The summed E-state index contributed by atoms with van der Waals surface area (Å²) in [6.45, 7) is 1.54. The average Bonchev–Trinajstić information content (AvgIpc) is 3.27. The molecule has 1 aromatic rings. The van der Waals surface area contributed by atoms with E-state index >= 15 is 0 Å². The number of hydrogen-bond acceptors (Lipinski definition) is 3. The van der Waals surface area contributed by atoms with E-state index < -0.39 is 0 Å². The minimum absolute atomic E-state index is 0.206. The van der Waals surface area contributed by atoms with E-state index in [0.717, 1.165) is 42.0 Å². The molecule has 114 valence electrons. The second-order valence-corrected chi connectivity index (χ2v) is 7.93. The van der Waals surface area contributed by atoms with Crippen molar-refractivity contribution >= 4 is 15.9 Å². The van der Waals surface area contributed by atoms with Crippen molar-refractivity contribution in [3.05, 3.63) is 22.2 Å². The van der Waals surface area contributed by atoms with Crippen LogP contribution in [-0.2, 0) is 5.54 Å². The van der Waals surface area contributed by atoms with Gasteiger partial charge in [-0.3, -0.25) is 0 Å². The fourth-order valence-electron chi connectivity index (χ4n) is 3.54. The van der Waals surface area contributed by atoms with Crippen molar-refractivity contribution in [1.82, 2.24) is 0 Å². The molecule has 0 atom stereocenters. The number of rotatable bonds is 1. The van der Waals surface area contributed by atoms with Crippen molar-refractivity contribution in [1.29, 1.82) is 0 Å². The Hall–Kier alpha value is -0.740. The van der Waals surface area contributed by atoms with Crippen molar-refractivity contribution in [3.8, 4) is 11.5 Å². The molecule has 3 nitrogen and oxygen atoms in total. The summed E-state index contributed by atoms with van der Waals surface area (Å²) in [5, 5.41) is 0. The Morgan fingerprint density at radius 3 is 2.38 bits per heavy atom. The Morgan fingerprint density at radius 2 is 1.67 bits per heavy atom. The predicted octanol–water partition coefficient (Wildman–Crippen LogP) is 4.12. The molecule has 2 saturated carbocycles. The molecule has 21 heavy (non-hydrogen) atoms. The summed E-state index contributed by atoms with van der Waals surface area (Å²) in [6.07, 6.45) is 8.27. The molecule has 0 aromatic heterocycles. The molecule has 0 bridgehead atoms. The first kappa shape index (κ1) is 13.9. The van der Waals surface area contributed by atoms with E-state index in [-0.39, 0.29) is 11.0 Å². The Kier molecular flexibility index (Phi) is 3.23. The lowest BCUT2D eigenvalue weighted by atomic mass is 9.77. The molecule has 1 aliphatic heterocycles. The third-order valence-corrected chi connectivity index (χ3v) is 5.93. The Labute approximate surface area is 134 Å². The lowest BCUT2D eigenvalue weighted by molar-refractivity contribution is 0.196. The summed E-state index contributed by atoms with van der Waals surface area (Å²) >= 11 is 3.66. The van der Waals surface area contributed by atoms with Gasteiger partial charge in [0.25, 0.3) is 0 Å². The van der Waals surface area contributed by atoms with Crippen LogP contribution in [0.1, 0.15) is 50.5 Å². The van der Waals surface area contributed by atoms with Crippen molar-refractivity contribution in [2.45, 2.75) is 50.5 Å². The SMILES string of the molecule is NC1(c2cc(Br)c3c(c2)OCC2(CC2)CO3)CCCCC1. The molecule has 0 unspecified atom stereocenters. The maximum atomic E-state index is 6.67. The third-order valence-electron chi connectivity index (χ3n) is 5.34. The summed E-state index contributed by atoms with van der Waals surface area (Å²) in [4.78, 5) is 0. The van der Waals surface area contributed by atoms with Gasteiger partial charge < -0.3 is 15.2 Å². The van der Waals surface area contributed by atoms with Gasteiger partial charge in [-0.15, -0.1) is 0 Å². The van der Waals surface area contributed by atoms with Crippen LogP contribution in [0.15, 0.2) is 16.6 Å². The normalized spacial score (nSPS) is 25.4. The van der Waals surface area contributed by atoms with Gasteiger partial charge in [-0.05, 0) is 59.3 Å². The fourth-order valence-corrected chi connectivity index (χ4v) is 4.09. The monoisotopic (exact) mass is 351 g/mol. The molecule has 4 heteroatoms. The molecular formula is C17H22BrNO2. The number of hydrogen-bond donors (Lipinski definition) is 1. The maximum absolute atomic E-state index is 6.67. The summed E-state index contributed by atoms with van der Waals surface area (Å²) < 4.78 is 13.1. The summed E-state index contributed by atoms with van der Waals surface area (Å²) in [5.41, 5.74) is 7.92. The smallest absolute Gasteiger partial charge is 0.175 e. The van der Waals surface area contributed by atoms with Crippen LogP contribution in [0.5, 0.6) is 11.5 Å². The standard InChI is InChI=1S/C17H22BrNO2/c18-13-8-12(17(19)4-2-1-3-5-17)9-14-15(13)21-11-16(6-7-16)10-20-14/h8-9H,1-7,10-11,19H2. The van der Waals surface area contributed by atoms with Gasteiger partial charge in [-0.25, -0.2) is 0 Å². The molecule has 2 N–H and O–H groups in total. The zero-order valence-electron chi connectivity index (χ0n) is 12.3. The first-order valence-electron chi connectivity index (χ1n) is 7.99. The lowest BCUT2D eigenvalue weighted by Crippen LogP contribution is -2.38. The molecule has 0 amide bonds. The van der Waals surface area contributed by atoms with Gasteiger partial charge in [-0.2, -0.15) is 0 Å². The van der Waals surface area contributed by atoms with Gasteiger partial charge in [0.15, 0.2) is 11.5 Å². The van der Waals surface area contributed by atoms with Gasteiger partial charge in [0.1, 0.15) is 0 Å². The highest BCUT2D eigenvalue weighted by molar-refractivity contribution is 9.10. The van der Waals surface area contributed by atoms with E-state index in [4.69, 9.17) is 15.2 Å². The van der Waals surface area contributed by atoms with Gasteiger partial charge in [-0.1, -0.05) is 19.3 Å². The Balaban J connectivity index is 1.68. The summed E-state index contributed by atoms with van der Waals surface area (Å²) in [5.74, 6) is 1.71. The fraction of sp³-hybridized carbons (Fsp3) is 0.647. The number of halogens is 1. The first-order valence-corrected chi connectivity index (χ1v) is 8.78. The number of benzene rings is 1. The summed E-state index contributed by atoms with van der Waals surface area (Å²) in [6, 6.07) is 4.26. The van der Waals surface area contributed by atoms with Crippen LogP contribution in [0.3, 0.4) is 0 Å². The topological polar surface area (TPSA) is 44.5 Å². The molecule has 1 heterocycles. The molecule has 1 aromatic carbocycles. The van der Waals surface area contributed by atoms with Crippen LogP contribution >= 0.6 is 15.9 Å². The third kappa shape index (κ3) is 2.46. The number of ether oxygens (including phenoxy) is 2. The van der Waals surface area contributed by atoms with E-state index in [1.165, 1.54) is 37.7 Å². The van der Waals surface area contributed by atoms with Crippen molar-refractivity contribution in [2.24, 2.45) is 11.1 Å². The van der Waals surface area contributed by atoms with Crippen LogP contribution in [-0.4, -0.2) is 13.2 Å². The van der Waals surface area contributed by atoms with E-state index in [1.807, 2.05) is 0 Å².